The highest BCUT2D eigenvalue weighted by molar-refractivity contribution is 7.89. The lowest BCUT2D eigenvalue weighted by molar-refractivity contribution is -0.130. The van der Waals surface area contributed by atoms with Crippen molar-refractivity contribution in [1.29, 1.82) is 0 Å². The van der Waals surface area contributed by atoms with Gasteiger partial charge in [0.1, 0.15) is 6.04 Å². The molecule has 1 saturated carbocycles. The highest BCUT2D eigenvalue weighted by Crippen LogP contribution is 2.30. The lowest BCUT2D eigenvalue weighted by Gasteiger charge is -2.29. The quantitative estimate of drug-likeness (QED) is 0.139. The zero-order chi connectivity index (χ0) is 34.6. The number of sulfonamides is 1. The number of aromatic nitrogens is 2. The molecule has 3 aromatic carbocycles. The Bertz CT molecular complexity index is 1980. The van der Waals surface area contributed by atoms with Gasteiger partial charge in [-0.3, -0.25) is 24.6 Å². The third-order valence-corrected chi connectivity index (χ3v) is 10.7. The van der Waals surface area contributed by atoms with Gasteiger partial charge in [0.25, 0.3) is 5.56 Å². The van der Waals surface area contributed by atoms with Gasteiger partial charge in [0.05, 0.1) is 15.8 Å². The molecule has 4 aromatic rings. The van der Waals surface area contributed by atoms with Gasteiger partial charge in [0, 0.05) is 38.7 Å². The number of carbonyl (C=O) groups is 3. The molecular formula is C34H40N6O7S. The van der Waals surface area contributed by atoms with Crippen molar-refractivity contribution in [3.63, 3.8) is 0 Å². The second kappa shape index (κ2) is 14.4. The highest BCUT2D eigenvalue weighted by Gasteiger charge is 2.30. The van der Waals surface area contributed by atoms with E-state index in [0.29, 0.717) is 48.8 Å². The Kier molecular flexibility index (Phi) is 10.3. The fourth-order valence-corrected chi connectivity index (χ4v) is 6.97. The van der Waals surface area contributed by atoms with E-state index in [1.165, 1.54) is 18.4 Å². The maximum atomic E-state index is 13.7. The average Bonchev–Trinajstić information content (AvgIpc) is 3.43. The van der Waals surface area contributed by atoms with Gasteiger partial charge in [-0.2, -0.15) is 0 Å². The molecule has 3 amide bonds. The van der Waals surface area contributed by atoms with Gasteiger partial charge >= 0.3 is 6.09 Å². The summed E-state index contributed by atoms with van der Waals surface area (Å²) in [4.78, 5) is 50.1. The van der Waals surface area contributed by atoms with E-state index >= 15 is 0 Å². The van der Waals surface area contributed by atoms with Crippen LogP contribution in [0.15, 0.2) is 70.4 Å². The number of anilines is 1. The molecule has 0 bridgehead atoms. The smallest absolute Gasteiger partial charge is 0.404 e. The van der Waals surface area contributed by atoms with E-state index in [2.05, 4.69) is 26.1 Å². The minimum atomic E-state index is -3.62. The van der Waals surface area contributed by atoms with Crippen molar-refractivity contribution >= 4 is 44.5 Å². The first kappa shape index (κ1) is 34.4. The Morgan fingerprint density at radius 2 is 1.67 bits per heavy atom. The average molecular weight is 677 g/mol. The number of aromatic amines is 2. The number of nitrogens with one attached hydrogen (secondary N) is 5. The molecule has 0 aliphatic heterocycles. The van der Waals surface area contributed by atoms with Crippen LogP contribution in [0.5, 0.6) is 0 Å². The maximum Gasteiger partial charge on any atom is 0.404 e. The van der Waals surface area contributed by atoms with Crippen molar-refractivity contribution in [3.05, 3.63) is 82.1 Å². The van der Waals surface area contributed by atoms with Crippen LogP contribution < -0.4 is 21.5 Å². The van der Waals surface area contributed by atoms with Gasteiger partial charge in [0.2, 0.25) is 21.8 Å². The minimum absolute atomic E-state index is 0.157. The number of aryl methyl sites for hydroxylation is 1. The topological polar surface area (TPSA) is 194 Å². The van der Waals surface area contributed by atoms with Crippen molar-refractivity contribution < 1.29 is 27.9 Å². The molecule has 1 aliphatic carbocycles. The summed E-state index contributed by atoms with van der Waals surface area (Å²) in [7, 11) is -0.652. The van der Waals surface area contributed by atoms with E-state index in [4.69, 9.17) is 5.11 Å². The second-order valence-corrected chi connectivity index (χ2v) is 14.6. The molecule has 1 aromatic heterocycles. The summed E-state index contributed by atoms with van der Waals surface area (Å²) >= 11 is 0. The van der Waals surface area contributed by atoms with E-state index in [0.717, 1.165) is 22.3 Å². The Balaban J connectivity index is 1.34. The number of hydrogen-bond acceptors (Lipinski definition) is 6. The predicted molar refractivity (Wildman–Crippen MR) is 182 cm³/mol. The van der Waals surface area contributed by atoms with E-state index in [-0.39, 0.29) is 34.6 Å². The molecular weight excluding hydrogens is 636 g/mol. The highest BCUT2D eigenvalue weighted by atomic mass is 32.2. The van der Waals surface area contributed by atoms with Crippen molar-refractivity contribution in [1.82, 2.24) is 25.1 Å². The zero-order valence-corrected chi connectivity index (χ0v) is 27.8. The number of fused-ring (bicyclic) bond motifs is 1. The first-order chi connectivity index (χ1) is 22.8. The Labute approximate surface area is 278 Å². The number of amides is 3. The molecule has 14 heteroatoms. The minimum Gasteiger partial charge on any atom is -0.465 e. The van der Waals surface area contributed by atoms with Crippen molar-refractivity contribution in [3.8, 4) is 11.1 Å². The van der Waals surface area contributed by atoms with Crippen LogP contribution in [-0.4, -0.2) is 72.6 Å². The molecule has 0 radical (unpaired) electrons. The summed E-state index contributed by atoms with van der Waals surface area (Å²) < 4.78 is 26.7. The van der Waals surface area contributed by atoms with E-state index in [1.807, 2.05) is 31.2 Å². The molecule has 0 spiro atoms. The SMILES string of the molecule is Cc1ccc(S(=O)(=O)N(C)C)cc1-c1ccc(C[C@H](NC(=O)[C@H]2CC[C@H](CNC(=O)O)CC2)C(=O)Nc2ccc3c(=O)[nH][nH]c3c2)cc1. The molecule has 48 heavy (non-hydrogen) atoms. The number of rotatable bonds is 11. The molecule has 5 rings (SSSR count). The van der Waals surface area contributed by atoms with Crippen molar-refractivity contribution in [2.24, 2.45) is 11.8 Å². The Morgan fingerprint density at radius 3 is 2.33 bits per heavy atom. The number of carboxylic acid groups (broad SMARTS) is 1. The van der Waals surface area contributed by atoms with Gasteiger partial charge < -0.3 is 21.1 Å². The number of nitrogens with zero attached hydrogens (tertiary/aromatic N) is 1. The molecule has 1 aliphatic rings. The van der Waals surface area contributed by atoms with Crippen molar-refractivity contribution in [2.45, 2.75) is 50.0 Å². The van der Waals surface area contributed by atoms with Crippen LogP contribution in [-0.2, 0) is 26.0 Å². The third-order valence-electron chi connectivity index (χ3n) is 8.93. The number of benzene rings is 3. The van der Waals surface area contributed by atoms with Crippen molar-refractivity contribution in [2.75, 3.05) is 26.0 Å². The lowest BCUT2D eigenvalue weighted by Crippen LogP contribution is -2.48. The molecule has 13 nitrogen and oxygen atoms in total. The van der Waals surface area contributed by atoms with E-state index < -0.39 is 28.1 Å². The normalized spacial score (nSPS) is 17.2. The largest absolute Gasteiger partial charge is 0.465 e. The summed E-state index contributed by atoms with van der Waals surface area (Å²) in [5.41, 5.74) is 3.96. The molecule has 0 saturated heterocycles. The van der Waals surface area contributed by atoms with Crippen LogP contribution in [0.4, 0.5) is 10.5 Å². The summed E-state index contributed by atoms with van der Waals surface area (Å²) in [5.74, 6) is -0.818. The van der Waals surface area contributed by atoms with Gasteiger partial charge in [-0.25, -0.2) is 17.5 Å². The molecule has 0 unspecified atom stereocenters. The molecule has 1 atom stereocenters. The first-order valence-electron chi connectivity index (χ1n) is 15.7. The number of H-pyrrole nitrogens is 2. The molecule has 6 N–H and O–H groups in total. The van der Waals surface area contributed by atoms with Crippen LogP contribution in [0.1, 0.15) is 36.8 Å². The summed E-state index contributed by atoms with van der Waals surface area (Å²) in [6, 6.07) is 16.4. The number of carbonyl (C=O) groups excluding carboxylic acids is 2. The lowest BCUT2D eigenvalue weighted by atomic mass is 9.81. The van der Waals surface area contributed by atoms with Crippen LogP contribution in [0, 0.1) is 18.8 Å². The van der Waals surface area contributed by atoms with Gasteiger partial charge in [-0.05, 0) is 91.1 Å². The fourth-order valence-electron chi connectivity index (χ4n) is 6.04. The first-order valence-corrected chi connectivity index (χ1v) is 17.2. The van der Waals surface area contributed by atoms with Gasteiger partial charge in [0.15, 0.2) is 0 Å². The van der Waals surface area contributed by atoms with E-state index in [9.17, 15) is 27.6 Å². The van der Waals surface area contributed by atoms with Gasteiger partial charge in [-0.1, -0.05) is 30.3 Å². The van der Waals surface area contributed by atoms with E-state index in [1.54, 1.807) is 36.4 Å². The van der Waals surface area contributed by atoms with Gasteiger partial charge in [-0.15, -0.1) is 0 Å². The van der Waals surface area contributed by atoms with Crippen LogP contribution in [0.3, 0.4) is 0 Å². The monoisotopic (exact) mass is 676 g/mol. The van der Waals surface area contributed by atoms with Crippen LogP contribution in [0.25, 0.3) is 22.0 Å². The predicted octanol–water partition coefficient (Wildman–Crippen LogP) is 3.82. The molecule has 1 fully saturated rings. The zero-order valence-electron chi connectivity index (χ0n) is 27.0. The standard InChI is InChI=1S/C34H40N6O7S/c1-20-4-14-26(48(46,47)40(2)3)18-28(20)23-9-5-21(6-10-23)16-30(33(43)36-25-13-15-27-29(17-25)38-39-32(27)42)37-31(41)24-11-7-22(8-12-24)19-35-34(44)45/h4-6,9-10,13-15,17-18,22,24,30,35H,7-8,11-12,16,19H2,1-3H3,(H,36,43)(H,37,41)(H,44,45)(H2,38,39,42)/t22-,24-,30-/m0/s1. The summed E-state index contributed by atoms with van der Waals surface area (Å²) in [5, 5.41) is 22.9. The summed E-state index contributed by atoms with van der Waals surface area (Å²) in [6.45, 7) is 2.25. The maximum absolute atomic E-state index is 13.7. The number of hydrogen-bond donors (Lipinski definition) is 6. The Morgan fingerprint density at radius 1 is 0.958 bits per heavy atom. The molecule has 1 heterocycles. The Hall–Kier alpha value is -4.95. The summed E-state index contributed by atoms with van der Waals surface area (Å²) in [6.07, 6.45) is 1.68. The third kappa shape index (κ3) is 7.94. The second-order valence-electron chi connectivity index (χ2n) is 12.5. The van der Waals surface area contributed by atoms with Crippen LogP contribution >= 0.6 is 0 Å². The van der Waals surface area contributed by atoms with Crippen LogP contribution in [0.2, 0.25) is 0 Å². The molecule has 254 valence electrons. The fraction of sp³-hybridized carbons (Fsp3) is 0.353.